The van der Waals surface area contributed by atoms with E-state index < -0.39 is 18.7 Å². The molecule has 0 unspecified atom stereocenters. The number of aryl methyl sites for hydroxylation is 1. The van der Waals surface area contributed by atoms with Crippen molar-refractivity contribution in [2.75, 3.05) is 27.9 Å². The SMILES string of the molecule is COc1cc(CC[C@@H](O)c2cccc(OCC(=O)O)c2)c(OC)c(OC)c1. The number of methoxy groups -OCH3 is 3. The fourth-order valence-electron chi connectivity index (χ4n) is 2.73. The van der Waals surface area contributed by atoms with E-state index in [-0.39, 0.29) is 0 Å². The highest BCUT2D eigenvalue weighted by Gasteiger charge is 2.16. The van der Waals surface area contributed by atoms with E-state index in [9.17, 15) is 9.90 Å². The maximum Gasteiger partial charge on any atom is 0.341 e. The van der Waals surface area contributed by atoms with Crippen molar-refractivity contribution < 1.29 is 34.0 Å². The molecule has 0 aliphatic rings. The summed E-state index contributed by atoms with van der Waals surface area (Å²) in [5.41, 5.74) is 1.50. The second-order valence-corrected chi connectivity index (χ2v) is 5.83. The van der Waals surface area contributed by atoms with E-state index in [1.165, 1.54) is 0 Å². The van der Waals surface area contributed by atoms with Crippen LogP contribution in [0.3, 0.4) is 0 Å². The van der Waals surface area contributed by atoms with Gasteiger partial charge in [-0.3, -0.25) is 0 Å². The van der Waals surface area contributed by atoms with Crippen LogP contribution in [0.4, 0.5) is 0 Å². The van der Waals surface area contributed by atoms with E-state index in [0.29, 0.717) is 41.4 Å². The molecular formula is C20H24O7. The summed E-state index contributed by atoms with van der Waals surface area (Å²) in [7, 11) is 4.69. The zero-order valence-electron chi connectivity index (χ0n) is 15.6. The third-order valence-electron chi connectivity index (χ3n) is 4.06. The predicted molar refractivity (Wildman–Crippen MR) is 99.0 cm³/mol. The molecule has 0 aliphatic heterocycles. The van der Waals surface area contributed by atoms with Crippen LogP contribution in [-0.2, 0) is 11.2 Å². The number of carboxylic acids is 1. The summed E-state index contributed by atoms with van der Waals surface area (Å²) in [5, 5.41) is 19.2. The van der Waals surface area contributed by atoms with Crippen LogP contribution in [0.15, 0.2) is 36.4 Å². The molecule has 0 bridgehead atoms. The fourth-order valence-corrected chi connectivity index (χ4v) is 2.73. The molecule has 7 heteroatoms. The molecule has 0 heterocycles. The lowest BCUT2D eigenvalue weighted by atomic mass is 10.00. The van der Waals surface area contributed by atoms with Crippen LogP contribution >= 0.6 is 0 Å². The van der Waals surface area contributed by atoms with Crippen molar-refractivity contribution in [3.05, 3.63) is 47.5 Å². The van der Waals surface area contributed by atoms with Gasteiger partial charge in [-0.15, -0.1) is 0 Å². The first-order valence-corrected chi connectivity index (χ1v) is 8.40. The van der Waals surface area contributed by atoms with Crippen molar-refractivity contribution in [3.63, 3.8) is 0 Å². The average molecular weight is 376 g/mol. The Morgan fingerprint density at radius 1 is 1.04 bits per heavy atom. The molecule has 0 fully saturated rings. The minimum Gasteiger partial charge on any atom is -0.497 e. The van der Waals surface area contributed by atoms with Gasteiger partial charge in [-0.25, -0.2) is 4.79 Å². The number of carboxylic acid groups (broad SMARTS) is 1. The van der Waals surface area contributed by atoms with Crippen molar-refractivity contribution >= 4 is 5.97 Å². The number of aliphatic carboxylic acids is 1. The van der Waals surface area contributed by atoms with Crippen LogP contribution in [0.1, 0.15) is 23.7 Å². The Bertz CT molecular complexity index is 773. The molecule has 0 spiro atoms. The van der Waals surface area contributed by atoms with Crippen molar-refractivity contribution in [1.29, 1.82) is 0 Å². The summed E-state index contributed by atoms with van der Waals surface area (Å²) >= 11 is 0. The smallest absolute Gasteiger partial charge is 0.341 e. The number of aliphatic hydroxyl groups excluding tert-OH is 1. The topological polar surface area (TPSA) is 94.5 Å². The fraction of sp³-hybridized carbons (Fsp3) is 0.350. The van der Waals surface area contributed by atoms with Gasteiger partial charge in [0.2, 0.25) is 0 Å². The number of carbonyl (C=O) groups is 1. The third-order valence-corrected chi connectivity index (χ3v) is 4.06. The molecule has 27 heavy (non-hydrogen) atoms. The zero-order chi connectivity index (χ0) is 19.8. The molecule has 0 radical (unpaired) electrons. The molecule has 7 nitrogen and oxygen atoms in total. The first kappa shape index (κ1) is 20.4. The number of aliphatic hydroxyl groups is 1. The van der Waals surface area contributed by atoms with Gasteiger partial charge in [0.05, 0.1) is 27.4 Å². The van der Waals surface area contributed by atoms with Crippen molar-refractivity contribution in [3.8, 4) is 23.0 Å². The second kappa shape index (κ2) is 9.68. The minimum absolute atomic E-state index is 0.398. The summed E-state index contributed by atoms with van der Waals surface area (Å²) in [6, 6.07) is 10.3. The Labute approximate surface area is 158 Å². The lowest BCUT2D eigenvalue weighted by Crippen LogP contribution is -2.09. The van der Waals surface area contributed by atoms with E-state index in [0.717, 1.165) is 5.56 Å². The standard InChI is InChI=1S/C20H24O7/c1-24-16-10-14(20(26-3)18(11-16)25-2)7-8-17(21)13-5-4-6-15(9-13)27-12-19(22)23/h4-6,9-11,17,21H,7-8,12H2,1-3H3,(H,22,23)/t17-/m1/s1. The summed E-state index contributed by atoms with van der Waals surface area (Å²) in [4.78, 5) is 10.6. The van der Waals surface area contributed by atoms with Gasteiger partial charge < -0.3 is 29.2 Å². The van der Waals surface area contributed by atoms with E-state index in [1.807, 2.05) is 6.07 Å². The van der Waals surface area contributed by atoms with Crippen molar-refractivity contribution in [1.82, 2.24) is 0 Å². The van der Waals surface area contributed by atoms with Crippen molar-refractivity contribution in [2.24, 2.45) is 0 Å². The van der Waals surface area contributed by atoms with Gasteiger partial charge in [0, 0.05) is 11.6 Å². The van der Waals surface area contributed by atoms with Crippen LogP contribution in [0.25, 0.3) is 0 Å². The molecule has 0 saturated heterocycles. The van der Waals surface area contributed by atoms with Crippen LogP contribution < -0.4 is 18.9 Å². The zero-order valence-corrected chi connectivity index (χ0v) is 15.6. The summed E-state index contributed by atoms with van der Waals surface area (Å²) in [6.07, 6.45) is 0.202. The Balaban J connectivity index is 2.12. The molecule has 0 aromatic heterocycles. The first-order valence-electron chi connectivity index (χ1n) is 8.40. The molecule has 2 aromatic carbocycles. The first-order chi connectivity index (χ1) is 13.0. The molecule has 146 valence electrons. The van der Waals surface area contributed by atoms with Gasteiger partial charge in [0.25, 0.3) is 0 Å². The molecule has 2 N–H and O–H groups in total. The molecule has 1 atom stereocenters. The molecule has 2 rings (SSSR count). The van der Waals surface area contributed by atoms with Gasteiger partial charge in [-0.2, -0.15) is 0 Å². The lowest BCUT2D eigenvalue weighted by Gasteiger charge is -2.17. The largest absolute Gasteiger partial charge is 0.497 e. The number of ether oxygens (including phenoxy) is 4. The Hall–Kier alpha value is -2.93. The molecular weight excluding hydrogens is 352 g/mol. The van der Waals surface area contributed by atoms with Gasteiger partial charge in [0.15, 0.2) is 18.1 Å². The van der Waals surface area contributed by atoms with Gasteiger partial charge in [-0.1, -0.05) is 12.1 Å². The van der Waals surface area contributed by atoms with Crippen LogP contribution in [0.5, 0.6) is 23.0 Å². The van der Waals surface area contributed by atoms with Gasteiger partial charge in [-0.05, 0) is 36.6 Å². The number of hydrogen-bond acceptors (Lipinski definition) is 6. The van der Waals surface area contributed by atoms with E-state index >= 15 is 0 Å². The maximum absolute atomic E-state index is 10.6. The van der Waals surface area contributed by atoms with Crippen molar-refractivity contribution in [2.45, 2.75) is 18.9 Å². The molecule has 0 aliphatic carbocycles. The quantitative estimate of drug-likeness (QED) is 0.658. The molecule has 2 aromatic rings. The number of rotatable bonds is 10. The number of benzene rings is 2. The Morgan fingerprint density at radius 2 is 1.81 bits per heavy atom. The highest BCUT2D eigenvalue weighted by atomic mass is 16.5. The Kier molecular flexibility index (Phi) is 7.31. The number of hydrogen-bond donors (Lipinski definition) is 2. The lowest BCUT2D eigenvalue weighted by molar-refractivity contribution is -0.139. The van der Waals surface area contributed by atoms with E-state index in [2.05, 4.69) is 0 Å². The van der Waals surface area contributed by atoms with E-state index in [1.54, 1.807) is 51.7 Å². The average Bonchev–Trinajstić information content (AvgIpc) is 2.69. The summed E-state index contributed by atoms with van der Waals surface area (Å²) in [5.74, 6) is 1.14. The normalized spacial score (nSPS) is 11.6. The monoisotopic (exact) mass is 376 g/mol. The minimum atomic E-state index is -1.06. The van der Waals surface area contributed by atoms with Gasteiger partial charge in [0.1, 0.15) is 11.5 Å². The van der Waals surface area contributed by atoms with Crippen LogP contribution in [0, 0.1) is 0 Å². The second-order valence-electron chi connectivity index (χ2n) is 5.83. The summed E-state index contributed by atoms with van der Waals surface area (Å²) < 4.78 is 21.2. The maximum atomic E-state index is 10.6. The van der Waals surface area contributed by atoms with Crippen LogP contribution in [-0.4, -0.2) is 44.1 Å². The highest BCUT2D eigenvalue weighted by Crippen LogP contribution is 2.37. The molecule has 0 amide bonds. The van der Waals surface area contributed by atoms with E-state index in [4.69, 9.17) is 24.1 Å². The van der Waals surface area contributed by atoms with Crippen LogP contribution in [0.2, 0.25) is 0 Å². The molecule has 0 saturated carbocycles. The predicted octanol–water partition coefficient (Wildman–Crippen LogP) is 2.84. The summed E-state index contributed by atoms with van der Waals surface area (Å²) in [6.45, 7) is -0.430. The third kappa shape index (κ3) is 5.52. The Morgan fingerprint density at radius 3 is 2.44 bits per heavy atom. The highest BCUT2D eigenvalue weighted by molar-refractivity contribution is 5.68. The van der Waals surface area contributed by atoms with Gasteiger partial charge >= 0.3 is 5.97 Å².